The molecular weight excluding hydrogens is 252 g/mol. The zero-order valence-corrected chi connectivity index (χ0v) is 11.8. The molecule has 0 saturated carbocycles. The number of hydrogen-bond donors (Lipinski definition) is 2. The summed E-state index contributed by atoms with van der Waals surface area (Å²) < 4.78 is 31.2. The van der Waals surface area contributed by atoms with Crippen LogP contribution < -0.4 is 15.2 Å². The standard InChI is InChI=1S/C12H20N2O3S/c1-9(2)17-11-4-5-12(10(3)8-11)14-18(15,16)7-6-13/h4-5,8-9,14H,6-7,13H2,1-3H3. The van der Waals surface area contributed by atoms with E-state index in [2.05, 4.69) is 4.72 Å². The number of benzene rings is 1. The lowest BCUT2D eigenvalue weighted by Gasteiger charge is -2.13. The van der Waals surface area contributed by atoms with Gasteiger partial charge in [-0.2, -0.15) is 0 Å². The zero-order valence-electron chi connectivity index (χ0n) is 10.9. The number of rotatable bonds is 6. The van der Waals surface area contributed by atoms with Crippen LogP contribution in [0.1, 0.15) is 19.4 Å². The van der Waals surface area contributed by atoms with Crippen molar-refractivity contribution >= 4 is 15.7 Å². The molecule has 1 rings (SSSR count). The summed E-state index contributed by atoms with van der Waals surface area (Å²) in [6.45, 7) is 5.80. The molecule has 0 aliphatic rings. The topological polar surface area (TPSA) is 81.4 Å². The molecule has 0 aliphatic heterocycles. The number of sulfonamides is 1. The van der Waals surface area contributed by atoms with Gasteiger partial charge in [0.2, 0.25) is 10.0 Å². The summed E-state index contributed by atoms with van der Waals surface area (Å²) in [6, 6.07) is 5.24. The number of nitrogens with one attached hydrogen (secondary N) is 1. The average Bonchev–Trinajstić information content (AvgIpc) is 2.21. The Hall–Kier alpha value is -1.27. The van der Waals surface area contributed by atoms with Crippen molar-refractivity contribution in [3.63, 3.8) is 0 Å². The lowest BCUT2D eigenvalue weighted by atomic mass is 10.2. The normalized spacial score (nSPS) is 11.6. The SMILES string of the molecule is Cc1cc(OC(C)C)ccc1NS(=O)(=O)CCN. The van der Waals surface area contributed by atoms with Crippen molar-refractivity contribution in [3.05, 3.63) is 23.8 Å². The quantitative estimate of drug-likeness (QED) is 0.822. The van der Waals surface area contributed by atoms with E-state index in [1.807, 2.05) is 20.8 Å². The van der Waals surface area contributed by atoms with Crippen LogP contribution in [0.25, 0.3) is 0 Å². The van der Waals surface area contributed by atoms with Crippen LogP contribution in [0.2, 0.25) is 0 Å². The summed E-state index contributed by atoms with van der Waals surface area (Å²) >= 11 is 0. The maximum atomic E-state index is 11.6. The molecule has 6 heteroatoms. The second-order valence-electron chi connectivity index (χ2n) is 4.35. The smallest absolute Gasteiger partial charge is 0.233 e. The Morgan fingerprint density at radius 1 is 1.39 bits per heavy atom. The van der Waals surface area contributed by atoms with Crippen LogP contribution in [0.15, 0.2) is 18.2 Å². The Morgan fingerprint density at radius 2 is 2.06 bits per heavy atom. The maximum absolute atomic E-state index is 11.6. The number of nitrogens with two attached hydrogens (primary N) is 1. The average molecular weight is 272 g/mol. The minimum atomic E-state index is -3.36. The van der Waals surface area contributed by atoms with Gasteiger partial charge in [0.1, 0.15) is 5.75 Å². The summed E-state index contributed by atoms with van der Waals surface area (Å²) in [5.74, 6) is 0.640. The first-order valence-electron chi connectivity index (χ1n) is 5.82. The molecule has 3 N–H and O–H groups in total. The van der Waals surface area contributed by atoms with E-state index in [1.165, 1.54) is 0 Å². The third-order valence-electron chi connectivity index (χ3n) is 2.22. The van der Waals surface area contributed by atoms with Crippen molar-refractivity contribution in [3.8, 4) is 5.75 Å². The van der Waals surface area contributed by atoms with E-state index in [0.29, 0.717) is 5.69 Å². The molecule has 0 heterocycles. The molecule has 0 aromatic heterocycles. The first-order valence-corrected chi connectivity index (χ1v) is 7.47. The van der Waals surface area contributed by atoms with Crippen molar-refractivity contribution in [2.24, 2.45) is 5.73 Å². The van der Waals surface area contributed by atoms with Gasteiger partial charge in [-0.3, -0.25) is 4.72 Å². The highest BCUT2D eigenvalue weighted by Gasteiger charge is 2.11. The Bertz CT molecular complexity index is 498. The Labute approximate surface area is 108 Å². The van der Waals surface area contributed by atoms with Gasteiger partial charge in [-0.05, 0) is 44.5 Å². The number of anilines is 1. The van der Waals surface area contributed by atoms with E-state index in [9.17, 15) is 8.42 Å². The second kappa shape index (κ2) is 6.06. The molecule has 0 atom stereocenters. The van der Waals surface area contributed by atoms with Crippen molar-refractivity contribution in [2.45, 2.75) is 26.9 Å². The van der Waals surface area contributed by atoms with Crippen LogP contribution in [0, 0.1) is 6.92 Å². The molecule has 0 bridgehead atoms. The molecule has 0 saturated heterocycles. The van der Waals surface area contributed by atoms with Crippen LogP contribution in [-0.4, -0.2) is 26.8 Å². The van der Waals surface area contributed by atoms with E-state index in [-0.39, 0.29) is 18.4 Å². The highest BCUT2D eigenvalue weighted by Crippen LogP contribution is 2.23. The summed E-state index contributed by atoms with van der Waals surface area (Å²) in [5, 5.41) is 0. The summed E-state index contributed by atoms with van der Waals surface area (Å²) in [4.78, 5) is 0. The molecule has 18 heavy (non-hydrogen) atoms. The molecule has 0 unspecified atom stereocenters. The Morgan fingerprint density at radius 3 is 2.56 bits per heavy atom. The van der Waals surface area contributed by atoms with Gasteiger partial charge >= 0.3 is 0 Å². The van der Waals surface area contributed by atoms with Crippen LogP contribution >= 0.6 is 0 Å². The lowest BCUT2D eigenvalue weighted by Crippen LogP contribution is -2.22. The predicted molar refractivity (Wildman–Crippen MR) is 73.4 cm³/mol. The van der Waals surface area contributed by atoms with E-state index < -0.39 is 10.0 Å². The maximum Gasteiger partial charge on any atom is 0.233 e. The van der Waals surface area contributed by atoms with Crippen molar-refractivity contribution in [1.29, 1.82) is 0 Å². The Kier molecular flexibility index (Phi) is 4.98. The van der Waals surface area contributed by atoms with Crippen LogP contribution in [-0.2, 0) is 10.0 Å². The molecular formula is C12H20N2O3S. The van der Waals surface area contributed by atoms with Gasteiger partial charge in [0.25, 0.3) is 0 Å². The minimum absolute atomic E-state index is 0.0866. The first kappa shape index (κ1) is 14.8. The van der Waals surface area contributed by atoms with E-state index >= 15 is 0 Å². The van der Waals surface area contributed by atoms with Crippen LogP contribution in [0.4, 0.5) is 5.69 Å². The third kappa shape index (κ3) is 4.54. The van der Waals surface area contributed by atoms with E-state index in [0.717, 1.165) is 11.3 Å². The van der Waals surface area contributed by atoms with Crippen molar-refractivity contribution < 1.29 is 13.2 Å². The molecule has 0 fully saturated rings. The highest BCUT2D eigenvalue weighted by atomic mass is 32.2. The number of ether oxygens (including phenoxy) is 1. The van der Waals surface area contributed by atoms with Gasteiger partial charge in [-0.25, -0.2) is 8.42 Å². The predicted octanol–water partition coefficient (Wildman–Crippen LogP) is 1.48. The lowest BCUT2D eigenvalue weighted by molar-refractivity contribution is 0.242. The monoisotopic (exact) mass is 272 g/mol. The van der Waals surface area contributed by atoms with Gasteiger partial charge in [0.05, 0.1) is 17.5 Å². The van der Waals surface area contributed by atoms with Crippen LogP contribution in [0.3, 0.4) is 0 Å². The highest BCUT2D eigenvalue weighted by molar-refractivity contribution is 7.92. The molecule has 102 valence electrons. The molecule has 0 aliphatic carbocycles. The fraction of sp³-hybridized carbons (Fsp3) is 0.500. The minimum Gasteiger partial charge on any atom is -0.491 e. The van der Waals surface area contributed by atoms with E-state index in [4.69, 9.17) is 10.5 Å². The molecule has 0 amide bonds. The van der Waals surface area contributed by atoms with Crippen molar-refractivity contribution in [2.75, 3.05) is 17.0 Å². The fourth-order valence-electron chi connectivity index (χ4n) is 1.47. The molecule has 1 aromatic rings. The summed E-state index contributed by atoms with van der Waals surface area (Å²) in [6.07, 6.45) is 0.0872. The molecule has 0 spiro atoms. The van der Waals surface area contributed by atoms with Gasteiger partial charge < -0.3 is 10.5 Å². The molecule has 1 aromatic carbocycles. The van der Waals surface area contributed by atoms with Gasteiger partial charge in [-0.15, -0.1) is 0 Å². The van der Waals surface area contributed by atoms with E-state index in [1.54, 1.807) is 18.2 Å². The van der Waals surface area contributed by atoms with Gasteiger partial charge in [0.15, 0.2) is 0 Å². The largest absolute Gasteiger partial charge is 0.491 e. The number of hydrogen-bond acceptors (Lipinski definition) is 4. The third-order valence-corrected chi connectivity index (χ3v) is 3.53. The second-order valence-corrected chi connectivity index (χ2v) is 6.19. The fourth-order valence-corrected chi connectivity index (χ4v) is 2.45. The van der Waals surface area contributed by atoms with Crippen LogP contribution in [0.5, 0.6) is 5.75 Å². The summed E-state index contributed by atoms with van der Waals surface area (Å²) in [5.41, 5.74) is 6.61. The first-order chi connectivity index (χ1) is 8.34. The molecule has 0 radical (unpaired) electrons. The number of aryl methyl sites for hydroxylation is 1. The van der Waals surface area contributed by atoms with Crippen molar-refractivity contribution in [1.82, 2.24) is 0 Å². The van der Waals surface area contributed by atoms with Gasteiger partial charge in [0, 0.05) is 6.54 Å². The zero-order chi connectivity index (χ0) is 13.8. The Balaban J connectivity index is 2.86. The van der Waals surface area contributed by atoms with Gasteiger partial charge in [-0.1, -0.05) is 0 Å². The molecule has 5 nitrogen and oxygen atoms in total. The summed E-state index contributed by atoms with van der Waals surface area (Å²) in [7, 11) is -3.36.